The van der Waals surface area contributed by atoms with Gasteiger partial charge < -0.3 is 0 Å². The summed E-state index contributed by atoms with van der Waals surface area (Å²) in [6.07, 6.45) is 1.58. The molecule has 0 aromatic heterocycles. The number of carbonyl (C=O) groups excluding carboxylic acids is 3. The third-order valence-electron chi connectivity index (χ3n) is 4.94. The van der Waals surface area contributed by atoms with E-state index < -0.39 is 11.3 Å². The van der Waals surface area contributed by atoms with Crippen LogP contribution < -0.4 is 0 Å². The molecule has 3 unspecified atom stereocenters. The summed E-state index contributed by atoms with van der Waals surface area (Å²) >= 11 is 3.40. The molecule has 2 aliphatic carbocycles. The molecule has 1 spiro atoms. The molecule has 0 heterocycles. The van der Waals surface area contributed by atoms with Crippen molar-refractivity contribution in [2.75, 3.05) is 0 Å². The van der Waals surface area contributed by atoms with Gasteiger partial charge in [0.2, 0.25) is 0 Å². The van der Waals surface area contributed by atoms with Crippen LogP contribution in [-0.2, 0) is 16.0 Å². The van der Waals surface area contributed by atoms with E-state index in [1.807, 2.05) is 25.1 Å². The third-order valence-corrected chi connectivity index (χ3v) is 5.43. The second-order valence-corrected chi connectivity index (χ2v) is 7.38. The van der Waals surface area contributed by atoms with Crippen molar-refractivity contribution in [3.63, 3.8) is 0 Å². The molecule has 0 saturated heterocycles. The maximum absolute atomic E-state index is 12.9. The summed E-state index contributed by atoms with van der Waals surface area (Å²) < 4.78 is 0.884. The van der Waals surface area contributed by atoms with E-state index in [1.54, 1.807) is 0 Å². The highest BCUT2D eigenvalue weighted by Gasteiger charge is 2.53. The molecule has 0 radical (unpaired) electrons. The number of rotatable bonds is 1. The molecular formula is C17H17BrO3. The topological polar surface area (TPSA) is 51.2 Å². The van der Waals surface area contributed by atoms with Crippen molar-refractivity contribution in [2.24, 2.45) is 17.3 Å². The van der Waals surface area contributed by atoms with Gasteiger partial charge in [-0.1, -0.05) is 28.9 Å². The van der Waals surface area contributed by atoms with Gasteiger partial charge >= 0.3 is 0 Å². The van der Waals surface area contributed by atoms with Gasteiger partial charge in [0.15, 0.2) is 5.78 Å². The maximum atomic E-state index is 12.9. The number of benzene rings is 1. The molecule has 1 fully saturated rings. The SMILES string of the molecule is CC(=O)C1CC2(Cc3ccc(Br)cc3C2=O)CC(C)C1=O. The standard InChI is InChI=1S/C17H17BrO3/c1-9-6-17(8-14(10(2)19)15(9)20)7-11-3-4-12(18)5-13(11)16(17)21/h3-5,9,14H,6-8H2,1-2H3. The van der Waals surface area contributed by atoms with Crippen LogP contribution in [0.1, 0.15) is 42.6 Å². The van der Waals surface area contributed by atoms with Crippen molar-refractivity contribution in [3.05, 3.63) is 33.8 Å². The number of halogens is 1. The zero-order chi connectivity index (χ0) is 15.4. The van der Waals surface area contributed by atoms with Gasteiger partial charge in [0.05, 0.1) is 5.92 Å². The van der Waals surface area contributed by atoms with Crippen LogP contribution in [0, 0.1) is 17.3 Å². The number of ketones is 3. The van der Waals surface area contributed by atoms with Gasteiger partial charge in [-0.15, -0.1) is 0 Å². The Morgan fingerprint density at radius 2 is 2.00 bits per heavy atom. The van der Waals surface area contributed by atoms with Crippen molar-refractivity contribution in [2.45, 2.75) is 33.1 Å². The summed E-state index contributed by atoms with van der Waals surface area (Å²) in [5.74, 6) is -0.858. The highest BCUT2D eigenvalue weighted by Crippen LogP contribution is 2.50. The lowest BCUT2D eigenvalue weighted by Gasteiger charge is -2.38. The first-order valence-electron chi connectivity index (χ1n) is 7.21. The van der Waals surface area contributed by atoms with Crippen LogP contribution in [0.4, 0.5) is 0 Å². The highest BCUT2D eigenvalue weighted by molar-refractivity contribution is 9.10. The van der Waals surface area contributed by atoms with Crippen LogP contribution in [0.3, 0.4) is 0 Å². The summed E-state index contributed by atoms with van der Waals surface area (Å²) in [4.78, 5) is 36.9. The molecule has 110 valence electrons. The Balaban J connectivity index is 2.02. The van der Waals surface area contributed by atoms with Crippen molar-refractivity contribution >= 4 is 33.3 Å². The molecule has 1 saturated carbocycles. The van der Waals surface area contributed by atoms with Crippen LogP contribution in [0.5, 0.6) is 0 Å². The lowest BCUT2D eigenvalue weighted by Crippen LogP contribution is -2.44. The van der Waals surface area contributed by atoms with Crippen LogP contribution in [0.15, 0.2) is 22.7 Å². The van der Waals surface area contributed by atoms with E-state index in [2.05, 4.69) is 15.9 Å². The van der Waals surface area contributed by atoms with Gasteiger partial charge in [-0.3, -0.25) is 14.4 Å². The predicted octanol–water partition coefficient (Wildman–Crippen LogP) is 3.38. The average molecular weight is 349 g/mol. The fraction of sp³-hybridized carbons (Fsp3) is 0.471. The van der Waals surface area contributed by atoms with Gasteiger partial charge in [0.25, 0.3) is 0 Å². The van der Waals surface area contributed by atoms with Crippen LogP contribution in [0.2, 0.25) is 0 Å². The molecule has 0 aliphatic heterocycles. The van der Waals surface area contributed by atoms with Crippen molar-refractivity contribution in [3.8, 4) is 0 Å². The van der Waals surface area contributed by atoms with E-state index >= 15 is 0 Å². The summed E-state index contributed by atoms with van der Waals surface area (Å²) in [6.45, 7) is 3.29. The van der Waals surface area contributed by atoms with Crippen LogP contribution >= 0.6 is 15.9 Å². The summed E-state index contributed by atoms with van der Waals surface area (Å²) in [5, 5.41) is 0. The van der Waals surface area contributed by atoms with Crippen molar-refractivity contribution in [1.29, 1.82) is 0 Å². The quantitative estimate of drug-likeness (QED) is 0.731. The van der Waals surface area contributed by atoms with Gasteiger partial charge in [0, 0.05) is 21.4 Å². The number of Topliss-reactive ketones (excluding diaryl/α,β-unsaturated/α-hetero) is 3. The lowest BCUT2D eigenvalue weighted by atomic mass is 9.62. The average Bonchev–Trinajstić information content (AvgIpc) is 2.67. The smallest absolute Gasteiger partial charge is 0.169 e. The molecule has 0 bridgehead atoms. The van der Waals surface area contributed by atoms with Gasteiger partial charge in [-0.25, -0.2) is 0 Å². The molecule has 3 nitrogen and oxygen atoms in total. The van der Waals surface area contributed by atoms with Gasteiger partial charge in [-0.05, 0) is 43.9 Å². The Bertz CT molecular complexity index is 664. The Kier molecular flexibility index (Phi) is 3.40. The zero-order valence-corrected chi connectivity index (χ0v) is 13.7. The van der Waals surface area contributed by atoms with E-state index in [4.69, 9.17) is 0 Å². The number of carbonyl (C=O) groups is 3. The van der Waals surface area contributed by atoms with E-state index in [1.165, 1.54) is 6.92 Å². The Labute approximate surface area is 132 Å². The second-order valence-electron chi connectivity index (χ2n) is 6.46. The number of hydrogen-bond acceptors (Lipinski definition) is 3. The van der Waals surface area contributed by atoms with E-state index in [0.29, 0.717) is 19.3 Å². The normalized spacial score (nSPS) is 31.6. The molecule has 3 atom stereocenters. The van der Waals surface area contributed by atoms with Crippen LogP contribution in [-0.4, -0.2) is 17.3 Å². The first-order valence-corrected chi connectivity index (χ1v) is 8.01. The Hall–Kier alpha value is -1.29. The van der Waals surface area contributed by atoms with Crippen LogP contribution in [0.25, 0.3) is 0 Å². The molecule has 21 heavy (non-hydrogen) atoms. The number of fused-ring (bicyclic) bond motifs is 1. The Morgan fingerprint density at radius 3 is 2.67 bits per heavy atom. The predicted molar refractivity (Wildman–Crippen MR) is 82.2 cm³/mol. The van der Waals surface area contributed by atoms with E-state index in [9.17, 15) is 14.4 Å². The minimum atomic E-state index is -0.615. The molecule has 1 aromatic rings. The zero-order valence-electron chi connectivity index (χ0n) is 12.1. The summed E-state index contributed by atoms with van der Waals surface area (Å²) in [6, 6.07) is 5.76. The maximum Gasteiger partial charge on any atom is 0.169 e. The van der Waals surface area contributed by atoms with Crippen molar-refractivity contribution in [1.82, 2.24) is 0 Å². The largest absolute Gasteiger partial charge is 0.299 e. The molecule has 3 rings (SSSR count). The molecule has 0 N–H and O–H groups in total. The lowest BCUT2D eigenvalue weighted by molar-refractivity contribution is -0.138. The fourth-order valence-corrected chi connectivity index (χ4v) is 4.28. The summed E-state index contributed by atoms with van der Waals surface area (Å²) in [5.41, 5.74) is 1.22. The third kappa shape index (κ3) is 2.20. The molecular weight excluding hydrogens is 332 g/mol. The van der Waals surface area contributed by atoms with E-state index in [0.717, 1.165) is 15.6 Å². The monoisotopic (exact) mass is 348 g/mol. The minimum Gasteiger partial charge on any atom is -0.299 e. The van der Waals surface area contributed by atoms with Gasteiger partial charge in [-0.2, -0.15) is 0 Å². The van der Waals surface area contributed by atoms with Crippen molar-refractivity contribution < 1.29 is 14.4 Å². The molecule has 0 amide bonds. The molecule has 1 aromatic carbocycles. The highest BCUT2D eigenvalue weighted by atomic mass is 79.9. The minimum absolute atomic E-state index is 0.00179. The number of hydrogen-bond donors (Lipinski definition) is 0. The van der Waals surface area contributed by atoms with Gasteiger partial charge in [0.1, 0.15) is 11.6 Å². The Morgan fingerprint density at radius 1 is 1.29 bits per heavy atom. The molecule has 2 aliphatic rings. The second kappa shape index (κ2) is 4.87. The van der Waals surface area contributed by atoms with E-state index in [-0.39, 0.29) is 23.3 Å². The summed E-state index contributed by atoms with van der Waals surface area (Å²) in [7, 11) is 0. The molecule has 4 heteroatoms. The first-order chi connectivity index (χ1) is 9.84. The fourth-order valence-electron chi connectivity index (χ4n) is 3.92. The first kappa shape index (κ1) is 14.6.